The monoisotopic (exact) mass is 379 g/mol. The predicted octanol–water partition coefficient (Wildman–Crippen LogP) is 1.57. The fourth-order valence-corrected chi connectivity index (χ4v) is 3.22. The van der Waals surface area contributed by atoms with Gasteiger partial charge in [-0.1, -0.05) is 12.1 Å². The molecule has 0 bridgehead atoms. The molecule has 3 aromatic rings. The van der Waals surface area contributed by atoms with Gasteiger partial charge in [0.25, 0.3) is 11.8 Å². The maximum absolute atomic E-state index is 12.7. The molecule has 1 aliphatic heterocycles. The number of fused-ring (bicyclic) bond motifs is 1. The number of ether oxygens (including phenoxy) is 1. The van der Waals surface area contributed by atoms with Crippen molar-refractivity contribution in [1.82, 2.24) is 25.0 Å². The van der Waals surface area contributed by atoms with E-state index in [2.05, 4.69) is 20.6 Å². The van der Waals surface area contributed by atoms with E-state index in [1.165, 1.54) is 0 Å². The van der Waals surface area contributed by atoms with Gasteiger partial charge in [-0.15, -0.1) is 0 Å². The van der Waals surface area contributed by atoms with Crippen LogP contribution in [-0.4, -0.2) is 45.4 Å². The van der Waals surface area contributed by atoms with E-state index >= 15 is 0 Å². The average Bonchev–Trinajstić information content (AvgIpc) is 3.39. The molecule has 144 valence electrons. The average molecular weight is 379 g/mol. The number of carbonyl (C=O) groups is 2. The Balaban J connectivity index is 1.52. The number of nitrogens with zero attached hydrogens (tertiary/aromatic N) is 3. The van der Waals surface area contributed by atoms with Gasteiger partial charge in [0.05, 0.1) is 11.6 Å². The van der Waals surface area contributed by atoms with Gasteiger partial charge in [0.15, 0.2) is 5.69 Å². The number of hydrogen-bond donors (Lipinski definition) is 2. The molecular formula is C20H21N5O3. The number of nitrogens with one attached hydrogen (secondary N) is 2. The lowest BCUT2D eigenvalue weighted by molar-refractivity contribution is 0.0855. The van der Waals surface area contributed by atoms with Gasteiger partial charge in [0.1, 0.15) is 0 Å². The third-order valence-corrected chi connectivity index (χ3v) is 4.66. The number of pyridine rings is 2. The van der Waals surface area contributed by atoms with Crippen molar-refractivity contribution in [2.24, 2.45) is 0 Å². The highest BCUT2D eigenvalue weighted by atomic mass is 16.5. The van der Waals surface area contributed by atoms with Crippen LogP contribution in [0.5, 0.6) is 0 Å². The highest BCUT2D eigenvalue weighted by molar-refractivity contribution is 6.02. The van der Waals surface area contributed by atoms with E-state index in [1.54, 1.807) is 35.1 Å². The normalized spacial score (nSPS) is 16.2. The molecule has 2 N–H and O–H groups in total. The van der Waals surface area contributed by atoms with E-state index in [4.69, 9.17) is 4.74 Å². The van der Waals surface area contributed by atoms with Crippen LogP contribution in [0.1, 0.15) is 39.5 Å². The first kappa shape index (κ1) is 18.1. The second kappa shape index (κ2) is 8.18. The Morgan fingerprint density at radius 2 is 2.11 bits per heavy atom. The SMILES string of the molecule is O=C(NCC1CCCO1)c1nc(C(=O)NCc2cccnc2)n2ccccc12. The van der Waals surface area contributed by atoms with Crippen molar-refractivity contribution >= 4 is 17.3 Å². The van der Waals surface area contributed by atoms with Gasteiger partial charge < -0.3 is 15.4 Å². The molecule has 8 nitrogen and oxygen atoms in total. The van der Waals surface area contributed by atoms with Crippen LogP contribution in [0.25, 0.3) is 5.52 Å². The molecule has 1 saturated heterocycles. The quantitative estimate of drug-likeness (QED) is 0.678. The fraction of sp³-hybridized carbons (Fsp3) is 0.300. The summed E-state index contributed by atoms with van der Waals surface area (Å²) in [5.41, 5.74) is 1.69. The Kier molecular flexibility index (Phi) is 5.29. The lowest BCUT2D eigenvalue weighted by atomic mass is 10.2. The molecule has 28 heavy (non-hydrogen) atoms. The Labute approximate surface area is 161 Å². The van der Waals surface area contributed by atoms with Gasteiger partial charge in [-0.3, -0.25) is 19.0 Å². The second-order valence-electron chi connectivity index (χ2n) is 6.63. The summed E-state index contributed by atoms with van der Waals surface area (Å²) in [5, 5.41) is 5.69. The molecule has 8 heteroatoms. The zero-order chi connectivity index (χ0) is 19.3. The van der Waals surface area contributed by atoms with Gasteiger partial charge in [0, 0.05) is 38.3 Å². The van der Waals surface area contributed by atoms with E-state index < -0.39 is 0 Å². The van der Waals surface area contributed by atoms with Crippen LogP contribution in [0, 0.1) is 0 Å². The Morgan fingerprint density at radius 1 is 1.18 bits per heavy atom. The van der Waals surface area contributed by atoms with Gasteiger partial charge in [-0.25, -0.2) is 4.98 Å². The maximum Gasteiger partial charge on any atom is 0.287 e. The van der Waals surface area contributed by atoms with Crippen molar-refractivity contribution in [3.05, 3.63) is 66.0 Å². The maximum atomic E-state index is 12.7. The number of rotatable bonds is 6. The fourth-order valence-electron chi connectivity index (χ4n) is 3.22. The lowest BCUT2D eigenvalue weighted by Crippen LogP contribution is -2.32. The smallest absolute Gasteiger partial charge is 0.287 e. The lowest BCUT2D eigenvalue weighted by Gasteiger charge is -2.09. The zero-order valence-electron chi connectivity index (χ0n) is 15.3. The van der Waals surface area contributed by atoms with Gasteiger partial charge in [-0.05, 0) is 36.6 Å². The van der Waals surface area contributed by atoms with Crippen LogP contribution in [0.4, 0.5) is 0 Å². The summed E-state index contributed by atoms with van der Waals surface area (Å²) in [6, 6.07) is 9.06. The van der Waals surface area contributed by atoms with E-state index in [-0.39, 0.29) is 29.4 Å². The molecule has 2 amide bonds. The number of carbonyl (C=O) groups excluding carboxylic acids is 2. The topological polar surface area (TPSA) is 97.6 Å². The minimum absolute atomic E-state index is 0.0417. The summed E-state index contributed by atoms with van der Waals surface area (Å²) in [4.78, 5) is 33.7. The molecule has 1 unspecified atom stereocenters. The third-order valence-electron chi connectivity index (χ3n) is 4.66. The third kappa shape index (κ3) is 3.86. The molecule has 3 aromatic heterocycles. The molecule has 4 rings (SSSR count). The van der Waals surface area contributed by atoms with Crippen LogP contribution in [0.2, 0.25) is 0 Å². The summed E-state index contributed by atoms with van der Waals surface area (Å²) in [7, 11) is 0. The molecule has 0 spiro atoms. The highest BCUT2D eigenvalue weighted by Gasteiger charge is 2.23. The number of amides is 2. The summed E-state index contributed by atoms with van der Waals surface area (Å²) < 4.78 is 7.16. The van der Waals surface area contributed by atoms with E-state index in [1.807, 2.05) is 18.2 Å². The van der Waals surface area contributed by atoms with Gasteiger partial charge in [-0.2, -0.15) is 0 Å². The van der Waals surface area contributed by atoms with E-state index in [0.717, 1.165) is 25.0 Å². The molecule has 0 radical (unpaired) electrons. The first-order valence-electron chi connectivity index (χ1n) is 9.26. The molecule has 0 aromatic carbocycles. The van der Waals surface area contributed by atoms with Crippen molar-refractivity contribution in [2.45, 2.75) is 25.5 Å². The molecule has 1 atom stereocenters. The first-order valence-corrected chi connectivity index (χ1v) is 9.26. The molecule has 1 fully saturated rings. The largest absolute Gasteiger partial charge is 0.376 e. The van der Waals surface area contributed by atoms with Crippen molar-refractivity contribution in [3.63, 3.8) is 0 Å². The van der Waals surface area contributed by atoms with Crippen molar-refractivity contribution in [1.29, 1.82) is 0 Å². The first-order chi connectivity index (χ1) is 13.7. The van der Waals surface area contributed by atoms with Gasteiger partial charge in [0.2, 0.25) is 5.82 Å². The van der Waals surface area contributed by atoms with E-state index in [0.29, 0.717) is 18.6 Å². The molecule has 4 heterocycles. The second-order valence-corrected chi connectivity index (χ2v) is 6.63. The summed E-state index contributed by atoms with van der Waals surface area (Å²) in [6.07, 6.45) is 7.07. The Morgan fingerprint density at radius 3 is 2.89 bits per heavy atom. The summed E-state index contributed by atoms with van der Waals surface area (Å²) in [5.74, 6) is -0.504. The minimum atomic E-state index is -0.358. The molecule has 0 saturated carbocycles. The van der Waals surface area contributed by atoms with Crippen LogP contribution >= 0.6 is 0 Å². The Bertz CT molecular complexity index is 980. The molecular weight excluding hydrogens is 358 g/mol. The highest BCUT2D eigenvalue weighted by Crippen LogP contribution is 2.15. The van der Waals surface area contributed by atoms with Crippen LogP contribution < -0.4 is 10.6 Å². The number of hydrogen-bond acceptors (Lipinski definition) is 5. The van der Waals surface area contributed by atoms with E-state index in [9.17, 15) is 9.59 Å². The van der Waals surface area contributed by atoms with Gasteiger partial charge >= 0.3 is 0 Å². The predicted molar refractivity (Wildman–Crippen MR) is 102 cm³/mol. The van der Waals surface area contributed by atoms with Crippen molar-refractivity contribution in [2.75, 3.05) is 13.2 Å². The van der Waals surface area contributed by atoms with Crippen LogP contribution in [0.15, 0.2) is 48.9 Å². The van der Waals surface area contributed by atoms with Crippen molar-refractivity contribution < 1.29 is 14.3 Å². The van der Waals surface area contributed by atoms with Crippen LogP contribution in [-0.2, 0) is 11.3 Å². The minimum Gasteiger partial charge on any atom is -0.376 e. The summed E-state index contributed by atoms with van der Waals surface area (Å²) in [6.45, 7) is 1.50. The standard InChI is InChI=1S/C20H21N5O3/c26-19(23-13-15-6-4-10-28-15)17-16-7-1-2-9-25(16)18(24-17)20(27)22-12-14-5-3-8-21-11-14/h1-3,5,7-9,11,15H,4,6,10,12-13H2,(H,22,27)(H,23,26). The number of imidazole rings is 1. The molecule has 1 aliphatic rings. The van der Waals surface area contributed by atoms with Crippen LogP contribution in [0.3, 0.4) is 0 Å². The Hall–Kier alpha value is -3.26. The molecule has 0 aliphatic carbocycles. The summed E-state index contributed by atoms with van der Waals surface area (Å²) >= 11 is 0. The zero-order valence-corrected chi connectivity index (χ0v) is 15.3. The number of aromatic nitrogens is 3. The van der Waals surface area contributed by atoms with Crippen molar-refractivity contribution in [3.8, 4) is 0 Å².